The molecule has 108 valence electrons. The molecule has 0 amide bonds. The Kier molecular flexibility index (Phi) is 5.19. The zero-order valence-electron chi connectivity index (χ0n) is 12.4. The number of anilines is 1. The van der Waals surface area contributed by atoms with Crippen molar-refractivity contribution < 1.29 is 4.74 Å². The first kappa shape index (κ1) is 14.8. The van der Waals surface area contributed by atoms with Gasteiger partial charge in [-0.2, -0.15) is 0 Å². The lowest BCUT2D eigenvalue weighted by Gasteiger charge is -2.13. The van der Waals surface area contributed by atoms with Crippen LogP contribution in [0.3, 0.4) is 0 Å². The van der Waals surface area contributed by atoms with Crippen molar-refractivity contribution in [2.45, 2.75) is 52.3 Å². The summed E-state index contributed by atoms with van der Waals surface area (Å²) >= 11 is 1.83. The number of hydrogen-bond donors (Lipinski definition) is 1. The van der Waals surface area contributed by atoms with Gasteiger partial charge >= 0.3 is 0 Å². The average Bonchev–Trinajstić information content (AvgIpc) is 3.02. The number of nitrogens with one attached hydrogen (secondary N) is 1. The van der Waals surface area contributed by atoms with Gasteiger partial charge in [-0.05, 0) is 12.8 Å². The third-order valence-electron chi connectivity index (χ3n) is 3.52. The van der Waals surface area contributed by atoms with Crippen molar-refractivity contribution in [2.24, 2.45) is 0 Å². The van der Waals surface area contributed by atoms with Crippen LogP contribution < -0.4 is 10.2 Å². The van der Waals surface area contributed by atoms with Gasteiger partial charge in [0, 0.05) is 37.7 Å². The van der Waals surface area contributed by atoms with Gasteiger partial charge in [-0.25, -0.2) is 4.98 Å². The minimum absolute atomic E-state index is 0.367. The first-order chi connectivity index (χ1) is 9.13. The van der Waals surface area contributed by atoms with Gasteiger partial charge < -0.3 is 15.0 Å². The fraction of sp³-hybridized carbons (Fsp3) is 0.786. The first-order valence-corrected chi connectivity index (χ1v) is 7.95. The lowest BCUT2D eigenvalue weighted by atomic mass is 10.3. The normalized spacial score (nSPS) is 19.6. The Hall–Kier alpha value is -0.650. The predicted molar refractivity (Wildman–Crippen MR) is 81.1 cm³/mol. The molecule has 1 atom stereocenters. The predicted octanol–water partition coefficient (Wildman–Crippen LogP) is 2.43. The van der Waals surface area contributed by atoms with Crippen molar-refractivity contribution >= 4 is 16.5 Å². The second-order valence-electron chi connectivity index (χ2n) is 5.35. The number of methoxy groups -OCH3 is 1. The molecular formula is C14H25N3OS. The van der Waals surface area contributed by atoms with Gasteiger partial charge in [-0.1, -0.05) is 20.8 Å². The van der Waals surface area contributed by atoms with E-state index in [1.807, 2.05) is 11.3 Å². The molecule has 1 aliphatic rings. The Labute approximate surface area is 120 Å². The maximum absolute atomic E-state index is 5.43. The molecule has 0 saturated carbocycles. The smallest absolute Gasteiger partial charge is 0.185 e. The summed E-state index contributed by atoms with van der Waals surface area (Å²) in [4.78, 5) is 8.55. The highest BCUT2D eigenvalue weighted by Crippen LogP contribution is 2.29. The molecule has 1 aliphatic heterocycles. The molecule has 19 heavy (non-hydrogen) atoms. The van der Waals surface area contributed by atoms with E-state index in [4.69, 9.17) is 9.72 Å². The van der Waals surface area contributed by atoms with Crippen molar-refractivity contribution in [3.8, 4) is 0 Å². The fourth-order valence-electron chi connectivity index (χ4n) is 2.31. The summed E-state index contributed by atoms with van der Waals surface area (Å²) in [5, 5.41) is 4.65. The first-order valence-electron chi connectivity index (χ1n) is 7.13. The van der Waals surface area contributed by atoms with Crippen LogP contribution in [0.25, 0.3) is 0 Å². The topological polar surface area (TPSA) is 37.4 Å². The summed E-state index contributed by atoms with van der Waals surface area (Å²) in [6.45, 7) is 9.50. The van der Waals surface area contributed by atoms with Crippen LogP contribution in [-0.2, 0) is 17.7 Å². The quantitative estimate of drug-likeness (QED) is 0.870. The Morgan fingerprint density at radius 3 is 2.89 bits per heavy atom. The number of rotatable bonds is 6. The number of ether oxygens (including phenoxy) is 1. The van der Waals surface area contributed by atoms with E-state index in [1.54, 1.807) is 7.11 Å². The molecule has 0 bridgehead atoms. The Morgan fingerprint density at radius 2 is 2.32 bits per heavy atom. The highest BCUT2D eigenvalue weighted by atomic mass is 32.1. The number of nitrogens with zero attached hydrogens (tertiary/aromatic N) is 2. The van der Waals surface area contributed by atoms with E-state index in [-0.39, 0.29) is 0 Å². The SMILES string of the molecule is CCc1nc(N2CCC(OC)C2)sc1CNC(C)C. The Balaban J connectivity index is 2.05. The fourth-order valence-corrected chi connectivity index (χ4v) is 3.44. The van der Waals surface area contributed by atoms with Crippen molar-refractivity contribution in [3.05, 3.63) is 10.6 Å². The zero-order chi connectivity index (χ0) is 13.8. The minimum atomic E-state index is 0.367. The van der Waals surface area contributed by atoms with Crippen LogP contribution in [-0.4, -0.2) is 37.3 Å². The van der Waals surface area contributed by atoms with E-state index in [0.29, 0.717) is 12.1 Å². The molecule has 1 unspecified atom stereocenters. The molecule has 0 radical (unpaired) electrons. The summed E-state index contributed by atoms with van der Waals surface area (Å²) in [7, 11) is 1.80. The van der Waals surface area contributed by atoms with Crippen molar-refractivity contribution in [1.82, 2.24) is 10.3 Å². The molecule has 0 spiro atoms. The number of hydrogen-bond acceptors (Lipinski definition) is 5. The molecule has 0 aliphatic carbocycles. The molecule has 1 N–H and O–H groups in total. The Bertz CT molecular complexity index is 405. The number of aromatic nitrogens is 1. The van der Waals surface area contributed by atoms with Crippen LogP contribution in [0.5, 0.6) is 0 Å². The summed E-state index contributed by atoms with van der Waals surface area (Å²) in [6.07, 6.45) is 2.48. The van der Waals surface area contributed by atoms with E-state index in [9.17, 15) is 0 Å². The van der Waals surface area contributed by atoms with Crippen LogP contribution in [0, 0.1) is 0 Å². The zero-order valence-corrected chi connectivity index (χ0v) is 13.2. The molecule has 2 rings (SSSR count). The van der Waals surface area contributed by atoms with Gasteiger partial charge in [0.15, 0.2) is 5.13 Å². The third kappa shape index (κ3) is 3.68. The summed E-state index contributed by atoms with van der Waals surface area (Å²) in [5.74, 6) is 0. The lowest BCUT2D eigenvalue weighted by molar-refractivity contribution is 0.121. The molecule has 5 heteroatoms. The van der Waals surface area contributed by atoms with Crippen molar-refractivity contribution in [3.63, 3.8) is 0 Å². The van der Waals surface area contributed by atoms with Crippen molar-refractivity contribution in [1.29, 1.82) is 0 Å². The number of aryl methyl sites for hydroxylation is 1. The molecule has 1 aromatic rings. The van der Waals surface area contributed by atoms with E-state index < -0.39 is 0 Å². The van der Waals surface area contributed by atoms with E-state index in [0.717, 1.165) is 37.6 Å². The molecular weight excluding hydrogens is 258 g/mol. The van der Waals surface area contributed by atoms with E-state index in [1.165, 1.54) is 10.6 Å². The maximum Gasteiger partial charge on any atom is 0.185 e. The average molecular weight is 283 g/mol. The molecule has 1 fully saturated rings. The summed E-state index contributed by atoms with van der Waals surface area (Å²) in [5.41, 5.74) is 1.24. The summed E-state index contributed by atoms with van der Waals surface area (Å²) in [6, 6.07) is 0.514. The Morgan fingerprint density at radius 1 is 1.53 bits per heavy atom. The highest BCUT2D eigenvalue weighted by molar-refractivity contribution is 7.15. The second-order valence-corrected chi connectivity index (χ2v) is 6.41. The van der Waals surface area contributed by atoms with Crippen LogP contribution in [0.1, 0.15) is 37.8 Å². The van der Waals surface area contributed by atoms with Crippen LogP contribution in [0.2, 0.25) is 0 Å². The standard InChI is InChI=1S/C14H25N3OS/c1-5-12-13(8-15-10(2)3)19-14(16-12)17-7-6-11(9-17)18-4/h10-11,15H,5-9H2,1-4H3. The lowest BCUT2D eigenvalue weighted by Crippen LogP contribution is -2.22. The summed E-state index contributed by atoms with van der Waals surface area (Å²) < 4.78 is 5.43. The van der Waals surface area contributed by atoms with Crippen molar-refractivity contribution in [2.75, 3.05) is 25.1 Å². The molecule has 2 heterocycles. The molecule has 1 saturated heterocycles. The van der Waals surface area contributed by atoms with Crippen LogP contribution in [0.15, 0.2) is 0 Å². The van der Waals surface area contributed by atoms with E-state index in [2.05, 4.69) is 31.0 Å². The van der Waals surface area contributed by atoms with Crippen LogP contribution >= 0.6 is 11.3 Å². The largest absolute Gasteiger partial charge is 0.380 e. The molecule has 4 nitrogen and oxygen atoms in total. The monoisotopic (exact) mass is 283 g/mol. The van der Waals surface area contributed by atoms with Gasteiger partial charge in [0.2, 0.25) is 0 Å². The van der Waals surface area contributed by atoms with Gasteiger partial charge in [-0.15, -0.1) is 11.3 Å². The van der Waals surface area contributed by atoms with Crippen LogP contribution in [0.4, 0.5) is 5.13 Å². The van der Waals surface area contributed by atoms with Gasteiger partial charge in [0.05, 0.1) is 11.8 Å². The molecule has 1 aromatic heterocycles. The van der Waals surface area contributed by atoms with Gasteiger partial charge in [0.25, 0.3) is 0 Å². The highest BCUT2D eigenvalue weighted by Gasteiger charge is 2.25. The minimum Gasteiger partial charge on any atom is -0.380 e. The van der Waals surface area contributed by atoms with Gasteiger partial charge in [-0.3, -0.25) is 0 Å². The molecule has 0 aromatic carbocycles. The van der Waals surface area contributed by atoms with Gasteiger partial charge in [0.1, 0.15) is 0 Å². The maximum atomic E-state index is 5.43. The number of thiazole rings is 1. The second kappa shape index (κ2) is 6.68. The van der Waals surface area contributed by atoms with E-state index >= 15 is 0 Å². The third-order valence-corrected chi connectivity index (χ3v) is 4.68.